The molecule has 1 aliphatic rings. The number of unbranched alkanes of at least 4 members (excludes halogenated alkanes) is 1. The number of nitrogens with zero attached hydrogens (tertiary/aromatic N) is 3. The van der Waals surface area contributed by atoms with Crippen LogP contribution in [0.5, 0.6) is 0 Å². The monoisotopic (exact) mass is 385 g/mol. The molecule has 0 radical (unpaired) electrons. The Hall–Kier alpha value is -1.95. The first-order valence-corrected chi connectivity index (χ1v) is 9.66. The number of benzene rings is 1. The van der Waals surface area contributed by atoms with Gasteiger partial charge in [-0.05, 0) is 69.0 Å². The summed E-state index contributed by atoms with van der Waals surface area (Å²) < 4.78 is 0. The fraction of sp³-hybridized carbons (Fsp3) is 0.429. The number of aryl methyl sites for hydroxylation is 1. The highest BCUT2D eigenvalue weighted by Crippen LogP contribution is 2.33. The number of pyridine rings is 1. The Kier molecular flexibility index (Phi) is 6.83. The average molecular weight is 386 g/mol. The summed E-state index contributed by atoms with van der Waals surface area (Å²) in [5.74, 6) is 1.03. The third-order valence-electron chi connectivity index (χ3n) is 5.30. The van der Waals surface area contributed by atoms with Crippen LogP contribution >= 0.6 is 12.4 Å². The quantitative estimate of drug-likeness (QED) is 0.603. The van der Waals surface area contributed by atoms with Crippen LogP contribution in [0.2, 0.25) is 0 Å². The number of para-hydroxylation sites is 2. The molecular formula is C21H28ClN5. The number of H-pyrrole nitrogens is 1. The summed E-state index contributed by atoms with van der Waals surface area (Å²) in [4.78, 5) is 15.5. The molecule has 1 aromatic carbocycles. The van der Waals surface area contributed by atoms with Crippen LogP contribution in [0, 0.1) is 0 Å². The highest BCUT2D eigenvalue weighted by Gasteiger charge is 2.27. The van der Waals surface area contributed by atoms with Crippen molar-refractivity contribution in [3.05, 3.63) is 59.7 Å². The maximum absolute atomic E-state index is 5.72. The smallest absolute Gasteiger partial charge is 0.121 e. The number of imidazole rings is 1. The van der Waals surface area contributed by atoms with E-state index in [9.17, 15) is 0 Å². The molecule has 1 unspecified atom stereocenters. The lowest BCUT2D eigenvalue weighted by Gasteiger charge is -2.34. The zero-order valence-corrected chi connectivity index (χ0v) is 16.4. The van der Waals surface area contributed by atoms with Crippen molar-refractivity contribution in [3.8, 4) is 0 Å². The van der Waals surface area contributed by atoms with Gasteiger partial charge in [0.2, 0.25) is 0 Å². The van der Waals surface area contributed by atoms with E-state index in [2.05, 4.69) is 34.1 Å². The first-order valence-electron chi connectivity index (χ1n) is 9.66. The van der Waals surface area contributed by atoms with E-state index in [1.54, 1.807) is 0 Å². The van der Waals surface area contributed by atoms with E-state index in [-0.39, 0.29) is 12.4 Å². The molecule has 0 bridgehead atoms. The molecule has 3 N–H and O–H groups in total. The number of nitrogens with one attached hydrogen (secondary N) is 1. The average Bonchev–Trinajstić information content (AvgIpc) is 3.09. The Balaban J connectivity index is 0.00000210. The first-order chi connectivity index (χ1) is 12.8. The second-order valence-corrected chi connectivity index (χ2v) is 7.12. The highest BCUT2D eigenvalue weighted by molar-refractivity contribution is 5.85. The number of hydrogen-bond acceptors (Lipinski definition) is 4. The molecule has 0 amide bonds. The molecule has 5 nitrogen and oxygen atoms in total. The van der Waals surface area contributed by atoms with E-state index in [0.29, 0.717) is 6.04 Å². The molecule has 27 heavy (non-hydrogen) atoms. The third-order valence-corrected chi connectivity index (χ3v) is 5.30. The number of aromatic nitrogens is 3. The molecule has 2 heterocycles. The normalized spacial score (nSPS) is 16.3. The Bertz CT molecular complexity index is 829. The minimum absolute atomic E-state index is 0. The predicted molar refractivity (Wildman–Crippen MR) is 112 cm³/mol. The summed E-state index contributed by atoms with van der Waals surface area (Å²) in [7, 11) is 0. The number of hydrogen-bond donors (Lipinski definition) is 2. The molecule has 4 rings (SSSR count). The predicted octanol–water partition coefficient (Wildman–Crippen LogP) is 4.00. The van der Waals surface area contributed by atoms with E-state index >= 15 is 0 Å². The van der Waals surface area contributed by atoms with Gasteiger partial charge in [0.1, 0.15) is 5.82 Å². The molecule has 1 aliphatic carbocycles. The molecule has 0 saturated heterocycles. The van der Waals surface area contributed by atoms with E-state index in [0.717, 1.165) is 62.2 Å². The largest absolute Gasteiger partial charge is 0.341 e. The summed E-state index contributed by atoms with van der Waals surface area (Å²) in [5.41, 5.74) is 10.5. The van der Waals surface area contributed by atoms with Gasteiger partial charge in [-0.25, -0.2) is 4.98 Å². The number of aromatic amines is 1. The maximum Gasteiger partial charge on any atom is 0.121 e. The lowest BCUT2D eigenvalue weighted by atomic mass is 9.90. The van der Waals surface area contributed by atoms with Crippen molar-refractivity contribution >= 4 is 23.4 Å². The van der Waals surface area contributed by atoms with Crippen LogP contribution in [0.1, 0.15) is 48.8 Å². The number of halogens is 1. The van der Waals surface area contributed by atoms with Gasteiger partial charge >= 0.3 is 0 Å². The lowest BCUT2D eigenvalue weighted by molar-refractivity contribution is 0.159. The molecule has 0 saturated carbocycles. The van der Waals surface area contributed by atoms with Crippen molar-refractivity contribution in [3.63, 3.8) is 0 Å². The fourth-order valence-corrected chi connectivity index (χ4v) is 4.02. The standard InChI is InChI=1S/C21H27N5.ClH/c22-12-3-4-14-26(15-20-24-17-9-1-2-10-18(17)25-20)19-11-5-7-16-8-6-13-23-21(16)19;/h1-2,6,8-10,13,19H,3-5,7,11-12,14-15,22H2,(H,24,25);1H. The Morgan fingerprint density at radius 3 is 2.89 bits per heavy atom. The van der Waals surface area contributed by atoms with E-state index in [1.807, 2.05) is 18.3 Å². The summed E-state index contributed by atoms with van der Waals surface area (Å²) >= 11 is 0. The van der Waals surface area contributed by atoms with Gasteiger partial charge < -0.3 is 10.7 Å². The van der Waals surface area contributed by atoms with E-state index in [1.165, 1.54) is 17.7 Å². The van der Waals surface area contributed by atoms with Crippen LogP contribution in [-0.2, 0) is 13.0 Å². The van der Waals surface area contributed by atoms with Gasteiger partial charge in [0.15, 0.2) is 0 Å². The van der Waals surface area contributed by atoms with Gasteiger partial charge in [-0.15, -0.1) is 12.4 Å². The molecule has 0 fully saturated rings. The van der Waals surface area contributed by atoms with Gasteiger partial charge in [-0.1, -0.05) is 18.2 Å². The molecule has 1 atom stereocenters. The van der Waals surface area contributed by atoms with Crippen molar-refractivity contribution in [2.45, 2.75) is 44.7 Å². The minimum atomic E-state index is 0. The Labute approximate surface area is 166 Å². The molecular weight excluding hydrogens is 358 g/mol. The number of fused-ring (bicyclic) bond motifs is 2. The van der Waals surface area contributed by atoms with Crippen molar-refractivity contribution in [2.24, 2.45) is 5.73 Å². The molecule has 2 aromatic heterocycles. The van der Waals surface area contributed by atoms with Gasteiger partial charge in [0.25, 0.3) is 0 Å². The zero-order valence-electron chi connectivity index (χ0n) is 15.6. The van der Waals surface area contributed by atoms with Gasteiger partial charge in [-0.2, -0.15) is 0 Å². The number of rotatable bonds is 7. The van der Waals surface area contributed by atoms with Crippen LogP contribution in [0.3, 0.4) is 0 Å². The number of nitrogens with two attached hydrogens (primary N) is 1. The van der Waals surface area contributed by atoms with Crippen molar-refractivity contribution < 1.29 is 0 Å². The van der Waals surface area contributed by atoms with Crippen LogP contribution in [0.25, 0.3) is 11.0 Å². The van der Waals surface area contributed by atoms with Crippen molar-refractivity contribution in [1.82, 2.24) is 19.9 Å². The van der Waals surface area contributed by atoms with Crippen molar-refractivity contribution in [2.75, 3.05) is 13.1 Å². The summed E-state index contributed by atoms with van der Waals surface area (Å²) in [5, 5.41) is 0. The SMILES string of the molecule is Cl.NCCCCN(Cc1nc2ccccc2[nH]1)C1CCCc2cccnc21. The highest BCUT2D eigenvalue weighted by atomic mass is 35.5. The molecule has 0 aliphatic heterocycles. The Morgan fingerprint density at radius 1 is 1.15 bits per heavy atom. The van der Waals surface area contributed by atoms with Gasteiger partial charge in [0, 0.05) is 6.20 Å². The van der Waals surface area contributed by atoms with E-state index in [4.69, 9.17) is 15.7 Å². The molecule has 144 valence electrons. The Morgan fingerprint density at radius 2 is 2.04 bits per heavy atom. The van der Waals surface area contributed by atoms with Gasteiger partial charge in [0.05, 0.1) is 29.3 Å². The lowest BCUT2D eigenvalue weighted by Crippen LogP contribution is -2.33. The fourth-order valence-electron chi connectivity index (χ4n) is 4.02. The molecule has 0 spiro atoms. The van der Waals surface area contributed by atoms with Crippen LogP contribution < -0.4 is 5.73 Å². The van der Waals surface area contributed by atoms with Crippen LogP contribution in [0.15, 0.2) is 42.6 Å². The second-order valence-electron chi connectivity index (χ2n) is 7.12. The minimum Gasteiger partial charge on any atom is -0.341 e. The van der Waals surface area contributed by atoms with Crippen molar-refractivity contribution in [1.29, 1.82) is 0 Å². The summed E-state index contributed by atoms with van der Waals surface area (Å²) in [6.45, 7) is 2.59. The summed E-state index contributed by atoms with van der Waals surface area (Å²) in [6, 6.07) is 12.9. The maximum atomic E-state index is 5.72. The topological polar surface area (TPSA) is 70.8 Å². The summed E-state index contributed by atoms with van der Waals surface area (Å²) in [6.07, 6.45) is 7.61. The zero-order chi connectivity index (χ0) is 17.8. The molecule has 6 heteroatoms. The van der Waals surface area contributed by atoms with Crippen LogP contribution in [-0.4, -0.2) is 32.9 Å². The molecule has 3 aromatic rings. The second kappa shape index (κ2) is 9.31. The van der Waals surface area contributed by atoms with Gasteiger partial charge in [-0.3, -0.25) is 9.88 Å². The first kappa shape index (κ1) is 19.8. The van der Waals surface area contributed by atoms with Crippen LogP contribution in [0.4, 0.5) is 0 Å². The third kappa shape index (κ3) is 4.49. The van der Waals surface area contributed by atoms with E-state index < -0.39 is 0 Å².